The van der Waals surface area contributed by atoms with Crippen molar-refractivity contribution in [1.82, 2.24) is 10.2 Å². The second-order valence-electron chi connectivity index (χ2n) is 4.73. The van der Waals surface area contributed by atoms with Crippen LogP contribution in [0, 0.1) is 11.8 Å². The third-order valence-electron chi connectivity index (χ3n) is 3.75. The molecule has 2 saturated heterocycles. The molecule has 2 heterocycles. The van der Waals surface area contributed by atoms with Crippen molar-refractivity contribution in [2.24, 2.45) is 11.8 Å². The number of amides is 1. The Morgan fingerprint density at radius 2 is 2.21 bits per heavy atom. The molecule has 2 aliphatic rings. The summed E-state index contributed by atoms with van der Waals surface area (Å²) in [6.07, 6.45) is 2.37. The molecule has 80 valence electrons. The molecule has 0 spiro atoms. The van der Waals surface area contributed by atoms with Crippen LogP contribution in [0.4, 0.5) is 0 Å². The number of carbonyl (C=O) groups excluding carboxylic acids is 1. The average molecular weight is 196 g/mol. The van der Waals surface area contributed by atoms with Gasteiger partial charge in [0, 0.05) is 18.5 Å². The molecule has 0 saturated carbocycles. The molecule has 3 heteroatoms. The zero-order valence-electron chi connectivity index (χ0n) is 9.12. The van der Waals surface area contributed by atoms with E-state index in [1.165, 1.54) is 12.8 Å². The first kappa shape index (κ1) is 9.97. The second-order valence-corrected chi connectivity index (χ2v) is 4.73. The van der Waals surface area contributed by atoms with Crippen LogP contribution in [0.2, 0.25) is 0 Å². The lowest BCUT2D eigenvalue weighted by Gasteiger charge is -2.35. The number of hydrogen-bond acceptors (Lipinski definition) is 2. The quantitative estimate of drug-likeness (QED) is 0.710. The first-order valence-corrected chi connectivity index (χ1v) is 5.71. The Morgan fingerprint density at radius 1 is 1.50 bits per heavy atom. The zero-order valence-corrected chi connectivity index (χ0v) is 9.12. The lowest BCUT2D eigenvalue weighted by Crippen LogP contribution is -2.50. The van der Waals surface area contributed by atoms with E-state index < -0.39 is 0 Å². The Hall–Kier alpha value is -0.570. The van der Waals surface area contributed by atoms with Gasteiger partial charge in [-0.3, -0.25) is 4.79 Å². The minimum absolute atomic E-state index is 0.219. The van der Waals surface area contributed by atoms with Crippen LogP contribution in [0.25, 0.3) is 0 Å². The highest BCUT2D eigenvalue weighted by Crippen LogP contribution is 2.24. The van der Waals surface area contributed by atoms with Crippen molar-refractivity contribution in [1.29, 1.82) is 0 Å². The van der Waals surface area contributed by atoms with Crippen LogP contribution >= 0.6 is 0 Å². The number of likely N-dealkylation sites (tertiary alicyclic amines) is 1. The van der Waals surface area contributed by atoms with Gasteiger partial charge in [-0.15, -0.1) is 0 Å². The minimum atomic E-state index is 0.219. The van der Waals surface area contributed by atoms with Gasteiger partial charge in [0.2, 0.25) is 5.91 Å². The highest BCUT2D eigenvalue weighted by atomic mass is 16.2. The molecule has 2 rings (SSSR count). The van der Waals surface area contributed by atoms with E-state index in [-0.39, 0.29) is 5.92 Å². The van der Waals surface area contributed by atoms with E-state index in [1.54, 1.807) is 0 Å². The molecule has 14 heavy (non-hydrogen) atoms. The van der Waals surface area contributed by atoms with E-state index in [4.69, 9.17) is 0 Å². The molecule has 0 aromatic carbocycles. The highest BCUT2D eigenvalue weighted by Gasteiger charge is 2.34. The zero-order chi connectivity index (χ0) is 10.1. The van der Waals surface area contributed by atoms with Crippen molar-refractivity contribution in [3.05, 3.63) is 0 Å². The molecule has 0 bridgehead atoms. The van der Waals surface area contributed by atoms with Crippen LogP contribution in [-0.2, 0) is 4.79 Å². The van der Waals surface area contributed by atoms with Crippen LogP contribution in [0.5, 0.6) is 0 Å². The minimum Gasteiger partial charge on any atom is -0.340 e. The molecular formula is C11H20N2O. The summed E-state index contributed by atoms with van der Waals surface area (Å²) < 4.78 is 0. The van der Waals surface area contributed by atoms with Crippen molar-refractivity contribution in [2.75, 3.05) is 19.6 Å². The average Bonchev–Trinajstić information content (AvgIpc) is 2.47. The normalized spacial score (nSPS) is 30.1. The fraction of sp³-hybridized carbons (Fsp3) is 0.909. The monoisotopic (exact) mass is 196 g/mol. The number of nitrogens with one attached hydrogen (secondary N) is 1. The highest BCUT2D eigenvalue weighted by molar-refractivity contribution is 5.79. The van der Waals surface area contributed by atoms with Gasteiger partial charge in [-0.25, -0.2) is 0 Å². The molecule has 2 unspecified atom stereocenters. The van der Waals surface area contributed by atoms with Gasteiger partial charge in [0.15, 0.2) is 0 Å². The van der Waals surface area contributed by atoms with E-state index in [9.17, 15) is 4.79 Å². The van der Waals surface area contributed by atoms with Crippen molar-refractivity contribution in [3.8, 4) is 0 Å². The Labute approximate surface area is 85.8 Å². The van der Waals surface area contributed by atoms with Crippen LogP contribution < -0.4 is 5.32 Å². The summed E-state index contributed by atoms with van der Waals surface area (Å²) in [5, 5.41) is 3.23. The summed E-state index contributed by atoms with van der Waals surface area (Å²) >= 11 is 0. The predicted molar refractivity (Wildman–Crippen MR) is 55.9 cm³/mol. The Morgan fingerprint density at radius 3 is 2.64 bits per heavy atom. The molecule has 1 N–H and O–H groups in total. The summed E-state index contributed by atoms with van der Waals surface area (Å²) in [6.45, 7) is 7.27. The molecule has 0 aliphatic carbocycles. The fourth-order valence-electron chi connectivity index (χ4n) is 2.39. The van der Waals surface area contributed by atoms with Crippen molar-refractivity contribution < 1.29 is 4.79 Å². The van der Waals surface area contributed by atoms with Crippen molar-refractivity contribution in [3.63, 3.8) is 0 Å². The van der Waals surface area contributed by atoms with Gasteiger partial charge in [-0.05, 0) is 38.8 Å². The lowest BCUT2D eigenvalue weighted by atomic mass is 9.88. The first-order chi connectivity index (χ1) is 6.70. The molecule has 2 aliphatic heterocycles. The molecule has 1 amide bonds. The number of hydrogen-bond donors (Lipinski definition) is 1. The maximum Gasteiger partial charge on any atom is 0.226 e. The largest absolute Gasteiger partial charge is 0.340 e. The molecule has 0 radical (unpaired) electrons. The summed E-state index contributed by atoms with van der Waals surface area (Å²) in [5.41, 5.74) is 0. The Bertz CT molecular complexity index is 225. The smallest absolute Gasteiger partial charge is 0.226 e. The van der Waals surface area contributed by atoms with Gasteiger partial charge < -0.3 is 10.2 Å². The topological polar surface area (TPSA) is 32.3 Å². The standard InChI is InChI=1S/C11H20N2O/c1-8-4-3-5-13(8)11(14)9(2)10-6-12-7-10/h8-10,12H,3-7H2,1-2H3. The molecule has 3 nitrogen and oxygen atoms in total. The Kier molecular flexibility index (Phi) is 2.77. The van der Waals surface area contributed by atoms with Crippen molar-refractivity contribution in [2.45, 2.75) is 32.7 Å². The van der Waals surface area contributed by atoms with E-state index in [0.29, 0.717) is 17.9 Å². The van der Waals surface area contributed by atoms with Crippen LogP contribution in [0.1, 0.15) is 26.7 Å². The number of rotatable bonds is 2. The van der Waals surface area contributed by atoms with E-state index in [1.807, 2.05) is 0 Å². The van der Waals surface area contributed by atoms with E-state index >= 15 is 0 Å². The number of nitrogens with zero attached hydrogens (tertiary/aromatic N) is 1. The summed E-state index contributed by atoms with van der Waals surface area (Å²) in [4.78, 5) is 14.2. The predicted octanol–water partition coefficient (Wildman–Crippen LogP) is 0.853. The van der Waals surface area contributed by atoms with Gasteiger partial charge >= 0.3 is 0 Å². The van der Waals surface area contributed by atoms with Crippen molar-refractivity contribution >= 4 is 5.91 Å². The van der Waals surface area contributed by atoms with Gasteiger partial charge in [0.05, 0.1) is 0 Å². The molecule has 0 aromatic rings. The second kappa shape index (κ2) is 3.89. The van der Waals surface area contributed by atoms with Crippen LogP contribution in [0.3, 0.4) is 0 Å². The fourth-order valence-corrected chi connectivity index (χ4v) is 2.39. The first-order valence-electron chi connectivity index (χ1n) is 5.71. The number of carbonyl (C=O) groups is 1. The maximum absolute atomic E-state index is 12.1. The van der Waals surface area contributed by atoms with Gasteiger partial charge in [0.1, 0.15) is 0 Å². The molecule has 2 fully saturated rings. The Balaban J connectivity index is 1.92. The lowest BCUT2D eigenvalue weighted by molar-refractivity contribution is -0.137. The maximum atomic E-state index is 12.1. The molecule has 0 aromatic heterocycles. The summed E-state index contributed by atoms with van der Waals surface area (Å²) in [6, 6.07) is 0.470. The molecular weight excluding hydrogens is 176 g/mol. The summed E-state index contributed by atoms with van der Waals surface area (Å²) in [7, 11) is 0. The van der Waals surface area contributed by atoms with E-state index in [2.05, 4.69) is 24.1 Å². The van der Waals surface area contributed by atoms with Crippen LogP contribution in [-0.4, -0.2) is 36.5 Å². The third-order valence-corrected chi connectivity index (χ3v) is 3.75. The van der Waals surface area contributed by atoms with Gasteiger partial charge in [-0.1, -0.05) is 6.92 Å². The van der Waals surface area contributed by atoms with Gasteiger partial charge in [-0.2, -0.15) is 0 Å². The van der Waals surface area contributed by atoms with Crippen LogP contribution in [0.15, 0.2) is 0 Å². The van der Waals surface area contributed by atoms with E-state index in [0.717, 1.165) is 19.6 Å². The van der Waals surface area contributed by atoms with Gasteiger partial charge in [0.25, 0.3) is 0 Å². The summed E-state index contributed by atoms with van der Waals surface area (Å²) in [5.74, 6) is 1.17. The third kappa shape index (κ3) is 1.65. The SMILES string of the molecule is CC(C(=O)N1CCCC1C)C1CNC1. The molecule has 2 atom stereocenters.